The summed E-state index contributed by atoms with van der Waals surface area (Å²) in [6, 6.07) is 3.68. The van der Waals surface area contributed by atoms with E-state index in [2.05, 4.69) is 15.3 Å². The molecule has 0 aliphatic carbocycles. The molecule has 0 atom stereocenters. The number of hydrogen-bond acceptors (Lipinski definition) is 7. The van der Waals surface area contributed by atoms with Crippen molar-refractivity contribution in [2.75, 3.05) is 26.2 Å². The third-order valence-electron chi connectivity index (χ3n) is 4.67. The van der Waals surface area contributed by atoms with Gasteiger partial charge < -0.3 is 24.6 Å². The van der Waals surface area contributed by atoms with Crippen molar-refractivity contribution in [2.24, 2.45) is 0 Å². The SMILES string of the molecule is Cc1c(Oc2cnc(C(=O)N3CCNCC3)cn2)ccc2c1B(O)OC2. The summed E-state index contributed by atoms with van der Waals surface area (Å²) in [6.45, 7) is 5.15. The van der Waals surface area contributed by atoms with E-state index in [4.69, 9.17) is 9.39 Å². The van der Waals surface area contributed by atoms with Gasteiger partial charge in [-0.1, -0.05) is 6.07 Å². The van der Waals surface area contributed by atoms with Crippen molar-refractivity contribution in [1.29, 1.82) is 0 Å². The summed E-state index contributed by atoms with van der Waals surface area (Å²) in [6.07, 6.45) is 2.87. The van der Waals surface area contributed by atoms with E-state index in [1.807, 2.05) is 19.1 Å². The van der Waals surface area contributed by atoms with Crippen molar-refractivity contribution >= 4 is 18.5 Å². The number of hydrogen-bond donors (Lipinski definition) is 2. The van der Waals surface area contributed by atoms with Crippen molar-refractivity contribution in [1.82, 2.24) is 20.2 Å². The molecule has 1 fully saturated rings. The zero-order chi connectivity index (χ0) is 18.1. The second-order valence-electron chi connectivity index (χ2n) is 6.31. The summed E-state index contributed by atoms with van der Waals surface area (Å²) in [5, 5.41) is 13.1. The van der Waals surface area contributed by atoms with Gasteiger partial charge in [-0.05, 0) is 29.6 Å². The molecule has 8 nitrogen and oxygen atoms in total. The number of amides is 1. The molecule has 2 aliphatic rings. The molecule has 1 saturated heterocycles. The third-order valence-corrected chi connectivity index (χ3v) is 4.67. The van der Waals surface area contributed by atoms with Gasteiger partial charge in [0.25, 0.3) is 5.91 Å². The molecule has 0 bridgehead atoms. The van der Waals surface area contributed by atoms with E-state index in [0.717, 1.165) is 29.7 Å². The number of aromatic nitrogens is 2. The van der Waals surface area contributed by atoms with Gasteiger partial charge >= 0.3 is 7.12 Å². The molecule has 134 valence electrons. The highest BCUT2D eigenvalue weighted by atomic mass is 16.5. The minimum absolute atomic E-state index is 0.125. The van der Waals surface area contributed by atoms with Crippen LogP contribution >= 0.6 is 0 Å². The number of ether oxygens (including phenoxy) is 1. The Bertz CT molecular complexity index is 824. The summed E-state index contributed by atoms with van der Waals surface area (Å²) in [5.74, 6) is 0.738. The lowest BCUT2D eigenvalue weighted by molar-refractivity contribution is 0.0729. The number of nitrogens with one attached hydrogen (secondary N) is 1. The number of benzene rings is 1. The molecule has 26 heavy (non-hydrogen) atoms. The fourth-order valence-electron chi connectivity index (χ4n) is 3.22. The fraction of sp³-hybridized carbons (Fsp3) is 0.353. The Hall–Kier alpha value is -2.49. The Morgan fingerprint density at radius 1 is 1.31 bits per heavy atom. The minimum atomic E-state index is -0.932. The van der Waals surface area contributed by atoms with Crippen LogP contribution in [0.25, 0.3) is 0 Å². The first-order valence-electron chi connectivity index (χ1n) is 8.55. The van der Waals surface area contributed by atoms with E-state index in [9.17, 15) is 9.82 Å². The topological polar surface area (TPSA) is 96.8 Å². The lowest BCUT2D eigenvalue weighted by atomic mass is 9.76. The highest BCUT2D eigenvalue weighted by Gasteiger charge is 2.30. The molecular weight excluding hydrogens is 335 g/mol. The van der Waals surface area contributed by atoms with E-state index >= 15 is 0 Å². The standard InChI is InChI=1S/C17H19BN4O4/c1-11-14(3-2-12-10-25-18(24)16(11)12)26-15-9-20-13(8-21-15)17(23)22-6-4-19-5-7-22/h2-3,8-9,19,24H,4-7,10H2,1H3. The van der Waals surface area contributed by atoms with Crippen molar-refractivity contribution < 1.29 is 19.2 Å². The molecule has 1 aromatic heterocycles. The second-order valence-corrected chi connectivity index (χ2v) is 6.31. The highest BCUT2D eigenvalue weighted by Crippen LogP contribution is 2.25. The maximum absolute atomic E-state index is 12.4. The smallest absolute Gasteiger partial charge is 0.437 e. The molecule has 9 heteroatoms. The minimum Gasteiger partial charge on any atom is -0.437 e. The predicted octanol–water partition coefficient (Wildman–Crippen LogP) is -0.160. The maximum Gasteiger partial charge on any atom is 0.492 e. The molecule has 4 rings (SSSR count). The van der Waals surface area contributed by atoms with E-state index < -0.39 is 7.12 Å². The van der Waals surface area contributed by atoms with Crippen LogP contribution in [0.15, 0.2) is 24.5 Å². The molecule has 2 aliphatic heterocycles. The lowest BCUT2D eigenvalue weighted by Crippen LogP contribution is -2.46. The molecule has 1 aromatic carbocycles. The first-order valence-corrected chi connectivity index (χ1v) is 8.55. The Morgan fingerprint density at radius 2 is 2.12 bits per heavy atom. The Morgan fingerprint density at radius 3 is 2.85 bits per heavy atom. The molecule has 1 amide bonds. The largest absolute Gasteiger partial charge is 0.492 e. The molecule has 0 spiro atoms. The summed E-state index contributed by atoms with van der Waals surface area (Å²) in [5.41, 5.74) is 2.79. The van der Waals surface area contributed by atoms with Gasteiger partial charge in [0.1, 0.15) is 11.4 Å². The van der Waals surface area contributed by atoms with E-state index in [1.165, 1.54) is 12.4 Å². The number of fused-ring (bicyclic) bond motifs is 1. The summed E-state index contributed by atoms with van der Waals surface area (Å²) in [4.78, 5) is 22.6. The van der Waals surface area contributed by atoms with Crippen LogP contribution in [0, 0.1) is 6.92 Å². The predicted molar refractivity (Wildman–Crippen MR) is 94.5 cm³/mol. The van der Waals surface area contributed by atoms with Crippen LogP contribution < -0.4 is 15.5 Å². The zero-order valence-corrected chi connectivity index (χ0v) is 14.4. The molecule has 2 aromatic rings. The molecule has 0 radical (unpaired) electrons. The van der Waals surface area contributed by atoms with Gasteiger partial charge in [-0.25, -0.2) is 9.97 Å². The van der Waals surface area contributed by atoms with Crippen molar-refractivity contribution in [3.8, 4) is 11.6 Å². The summed E-state index contributed by atoms with van der Waals surface area (Å²) in [7, 11) is -0.932. The van der Waals surface area contributed by atoms with Crippen LogP contribution in [0.2, 0.25) is 0 Å². The van der Waals surface area contributed by atoms with Crippen LogP contribution in [0.1, 0.15) is 21.6 Å². The number of piperazine rings is 1. The van der Waals surface area contributed by atoms with Gasteiger partial charge in [0.05, 0.1) is 19.0 Å². The van der Waals surface area contributed by atoms with Crippen LogP contribution in [0.5, 0.6) is 11.6 Å². The quantitative estimate of drug-likeness (QED) is 0.740. The van der Waals surface area contributed by atoms with E-state index in [1.54, 1.807) is 4.90 Å². The van der Waals surface area contributed by atoms with Gasteiger partial charge in [-0.15, -0.1) is 0 Å². The van der Waals surface area contributed by atoms with Crippen LogP contribution in [-0.2, 0) is 11.3 Å². The average Bonchev–Trinajstić information content (AvgIpc) is 3.06. The number of rotatable bonds is 3. The van der Waals surface area contributed by atoms with Crippen molar-refractivity contribution in [3.05, 3.63) is 41.3 Å². The second kappa shape index (κ2) is 7.03. The van der Waals surface area contributed by atoms with Crippen molar-refractivity contribution in [3.63, 3.8) is 0 Å². The molecule has 0 unspecified atom stereocenters. The summed E-state index contributed by atoms with van der Waals surface area (Å²) < 4.78 is 11.0. The normalized spacial score (nSPS) is 16.5. The van der Waals surface area contributed by atoms with Crippen LogP contribution in [0.4, 0.5) is 0 Å². The molecule has 0 saturated carbocycles. The fourth-order valence-corrected chi connectivity index (χ4v) is 3.22. The van der Waals surface area contributed by atoms with Gasteiger partial charge in [-0.2, -0.15) is 0 Å². The van der Waals surface area contributed by atoms with E-state index in [0.29, 0.717) is 37.0 Å². The van der Waals surface area contributed by atoms with E-state index in [-0.39, 0.29) is 5.91 Å². The number of nitrogens with zero attached hydrogens (tertiary/aromatic N) is 3. The number of carbonyl (C=O) groups excluding carboxylic acids is 1. The van der Waals surface area contributed by atoms with Gasteiger partial charge in [0, 0.05) is 26.2 Å². The summed E-state index contributed by atoms with van der Waals surface area (Å²) >= 11 is 0. The van der Waals surface area contributed by atoms with Gasteiger partial charge in [0.15, 0.2) is 0 Å². The third kappa shape index (κ3) is 3.16. The van der Waals surface area contributed by atoms with Crippen LogP contribution in [-0.4, -0.2) is 59.1 Å². The molecule has 2 N–H and O–H groups in total. The Kier molecular flexibility index (Phi) is 4.58. The first kappa shape index (κ1) is 17.0. The Balaban J connectivity index is 1.50. The van der Waals surface area contributed by atoms with Crippen molar-refractivity contribution in [2.45, 2.75) is 13.5 Å². The monoisotopic (exact) mass is 354 g/mol. The lowest BCUT2D eigenvalue weighted by Gasteiger charge is -2.26. The number of carbonyl (C=O) groups is 1. The maximum atomic E-state index is 12.4. The zero-order valence-electron chi connectivity index (χ0n) is 14.4. The molecular formula is C17H19BN4O4. The Labute approximate surface area is 151 Å². The highest BCUT2D eigenvalue weighted by molar-refractivity contribution is 6.62. The first-order chi connectivity index (χ1) is 12.6. The van der Waals surface area contributed by atoms with Gasteiger partial charge in [-0.3, -0.25) is 4.79 Å². The van der Waals surface area contributed by atoms with Crippen LogP contribution in [0.3, 0.4) is 0 Å². The average molecular weight is 354 g/mol. The molecule has 3 heterocycles. The van der Waals surface area contributed by atoms with Gasteiger partial charge in [0.2, 0.25) is 5.88 Å².